The number of hydrogen-bond donors (Lipinski definition) is 1. The zero-order valence-corrected chi connectivity index (χ0v) is 13.3. The number of thioether (sulfide) groups is 1. The lowest BCUT2D eigenvalue weighted by Crippen LogP contribution is -2.37. The summed E-state index contributed by atoms with van der Waals surface area (Å²) in [5.41, 5.74) is 7.13. The lowest BCUT2D eigenvalue weighted by Gasteiger charge is -2.29. The molecule has 0 bridgehead atoms. The van der Waals surface area contributed by atoms with Crippen molar-refractivity contribution in [1.82, 2.24) is 4.90 Å². The fourth-order valence-corrected chi connectivity index (χ4v) is 3.81. The van der Waals surface area contributed by atoms with Crippen LogP contribution in [0, 0.1) is 0 Å². The first-order valence-electron chi connectivity index (χ1n) is 6.82. The van der Waals surface area contributed by atoms with Gasteiger partial charge in [0.25, 0.3) is 0 Å². The summed E-state index contributed by atoms with van der Waals surface area (Å²) in [6, 6.07) is 9.31. The maximum atomic E-state index is 5.63. The fourth-order valence-electron chi connectivity index (χ4n) is 2.48. The fraction of sp³-hybridized carbons (Fsp3) is 0.533. The molecule has 2 N–H and O–H groups in total. The maximum Gasteiger partial charge on any atom is 0.0740 e. The van der Waals surface area contributed by atoms with Crippen LogP contribution in [0.15, 0.2) is 29.2 Å². The molecule has 19 heavy (non-hydrogen) atoms. The van der Waals surface area contributed by atoms with Gasteiger partial charge < -0.3 is 5.73 Å². The average Bonchev–Trinajstić information content (AvgIpc) is 2.77. The van der Waals surface area contributed by atoms with Gasteiger partial charge >= 0.3 is 0 Å². The highest BCUT2D eigenvalue weighted by Gasteiger charge is 2.25. The van der Waals surface area contributed by atoms with Gasteiger partial charge in [-0.1, -0.05) is 30.4 Å². The molecule has 1 aromatic rings. The van der Waals surface area contributed by atoms with E-state index in [0.717, 1.165) is 19.5 Å². The minimum atomic E-state index is 0.534. The van der Waals surface area contributed by atoms with Crippen molar-refractivity contribution in [3.05, 3.63) is 29.8 Å². The van der Waals surface area contributed by atoms with Crippen LogP contribution >= 0.6 is 24.0 Å². The van der Waals surface area contributed by atoms with E-state index in [2.05, 4.69) is 43.0 Å². The predicted octanol–water partition coefficient (Wildman–Crippen LogP) is 3.26. The monoisotopic (exact) mass is 294 g/mol. The van der Waals surface area contributed by atoms with Gasteiger partial charge in [0.05, 0.1) is 4.99 Å². The van der Waals surface area contributed by atoms with Crippen LogP contribution in [0.4, 0.5) is 0 Å². The molecule has 104 valence electrons. The molecular weight excluding hydrogens is 272 g/mol. The van der Waals surface area contributed by atoms with Crippen LogP contribution < -0.4 is 5.73 Å². The van der Waals surface area contributed by atoms with Crippen LogP contribution in [-0.4, -0.2) is 34.8 Å². The van der Waals surface area contributed by atoms with Crippen LogP contribution in [0.1, 0.15) is 31.7 Å². The summed E-state index contributed by atoms with van der Waals surface area (Å²) in [6.07, 6.45) is 0.815. The Kier molecular flexibility index (Phi) is 5.25. The Morgan fingerprint density at radius 3 is 2.89 bits per heavy atom. The molecule has 2 nitrogen and oxygen atoms in total. The number of nitrogens with zero attached hydrogens (tertiary/aromatic N) is 1. The third kappa shape index (κ3) is 3.94. The van der Waals surface area contributed by atoms with Gasteiger partial charge in [-0.3, -0.25) is 4.90 Å². The van der Waals surface area contributed by atoms with Crippen LogP contribution in [0.3, 0.4) is 0 Å². The quantitative estimate of drug-likeness (QED) is 0.816. The van der Waals surface area contributed by atoms with Crippen molar-refractivity contribution in [2.75, 3.05) is 18.8 Å². The maximum absolute atomic E-state index is 5.63. The summed E-state index contributed by atoms with van der Waals surface area (Å²) in [6.45, 7) is 6.56. The zero-order valence-electron chi connectivity index (χ0n) is 11.6. The minimum absolute atomic E-state index is 0.534. The molecule has 0 saturated carbocycles. The van der Waals surface area contributed by atoms with Gasteiger partial charge in [-0.05, 0) is 25.5 Å². The molecule has 0 spiro atoms. The highest BCUT2D eigenvalue weighted by molar-refractivity contribution is 7.99. The van der Waals surface area contributed by atoms with E-state index in [9.17, 15) is 0 Å². The summed E-state index contributed by atoms with van der Waals surface area (Å²) in [7, 11) is 0. The lowest BCUT2D eigenvalue weighted by molar-refractivity contribution is 0.218. The van der Waals surface area contributed by atoms with E-state index in [1.54, 1.807) is 0 Å². The molecule has 0 aromatic heterocycles. The van der Waals surface area contributed by atoms with Gasteiger partial charge in [-0.2, -0.15) is 0 Å². The molecule has 1 atom stereocenters. The molecule has 0 saturated heterocycles. The molecule has 2 rings (SSSR count). The van der Waals surface area contributed by atoms with E-state index in [-0.39, 0.29) is 0 Å². The van der Waals surface area contributed by atoms with E-state index < -0.39 is 0 Å². The Hall–Kier alpha value is -0.580. The SMILES string of the molecule is CC(C)N(CCC(N)=S)CC1CSc2ccccc21. The smallest absolute Gasteiger partial charge is 0.0740 e. The summed E-state index contributed by atoms with van der Waals surface area (Å²) >= 11 is 6.97. The van der Waals surface area contributed by atoms with Crippen molar-refractivity contribution >= 4 is 29.0 Å². The minimum Gasteiger partial charge on any atom is -0.393 e. The van der Waals surface area contributed by atoms with Crippen molar-refractivity contribution in [3.8, 4) is 0 Å². The number of thiocarbonyl (C=S) groups is 1. The molecule has 0 aliphatic carbocycles. The summed E-state index contributed by atoms with van der Waals surface area (Å²) in [5, 5.41) is 0. The van der Waals surface area contributed by atoms with Crippen molar-refractivity contribution in [3.63, 3.8) is 0 Å². The second-order valence-electron chi connectivity index (χ2n) is 5.35. The number of nitrogens with two attached hydrogens (primary N) is 1. The van der Waals surface area contributed by atoms with Crippen LogP contribution in [0.2, 0.25) is 0 Å². The molecule has 0 fully saturated rings. The van der Waals surface area contributed by atoms with E-state index >= 15 is 0 Å². The first kappa shape index (κ1) is 14.8. The largest absolute Gasteiger partial charge is 0.393 e. The molecule has 4 heteroatoms. The van der Waals surface area contributed by atoms with Gasteiger partial charge in [0.2, 0.25) is 0 Å². The molecule has 0 amide bonds. The van der Waals surface area contributed by atoms with Crippen LogP contribution in [0.5, 0.6) is 0 Å². The molecule has 0 radical (unpaired) electrons. The predicted molar refractivity (Wildman–Crippen MR) is 88.0 cm³/mol. The molecule has 1 heterocycles. The van der Waals surface area contributed by atoms with Gasteiger partial charge in [-0.25, -0.2) is 0 Å². The number of rotatable bonds is 6. The van der Waals surface area contributed by atoms with Gasteiger partial charge in [0.15, 0.2) is 0 Å². The van der Waals surface area contributed by atoms with E-state index in [0.29, 0.717) is 16.9 Å². The van der Waals surface area contributed by atoms with E-state index in [1.807, 2.05) is 11.8 Å². The van der Waals surface area contributed by atoms with Crippen molar-refractivity contribution < 1.29 is 0 Å². The van der Waals surface area contributed by atoms with E-state index in [1.165, 1.54) is 16.2 Å². The summed E-state index contributed by atoms with van der Waals surface area (Å²) in [4.78, 5) is 4.56. The van der Waals surface area contributed by atoms with Crippen LogP contribution in [-0.2, 0) is 0 Å². The molecule has 1 aromatic carbocycles. The second kappa shape index (κ2) is 6.73. The van der Waals surface area contributed by atoms with Gasteiger partial charge in [0.1, 0.15) is 0 Å². The molecular formula is C15H22N2S2. The highest BCUT2D eigenvalue weighted by atomic mass is 32.2. The lowest BCUT2D eigenvalue weighted by atomic mass is 10.00. The Bertz CT molecular complexity index is 446. The van der Waals surface area contributed by atoms with Crippen LogP contribution in [0.25, 0.3) is 0 Å². The topological polar surface area (TPSA) is 29.3 Å². The van der Waals surface area contributed by atoms with Crippen molar-refractivity contribution in [2.45, 2.75) is 37.1 Å². The average molecular weight is 294 g/mol. The van der Waals surface area contributed by atoms with Gasteiger partial charge in [-0.15, -0.1) is 11.8 Å². The first-order chi connectivity index (χ1) is 9.08. The third-order valence-electron chi connectivity index (χ3n) is 3.63. The van der Waals surface area contributed by atoms with Crippen molar-refractivity contribution in [2.24, 2.45) is 5.73 Å². The standard InChI is InChI=1S/C15H22N2S2/c1-11(2)17(8-7-15(16)18)9-12-10-19-14-6-4-3-5-13(12)14/h3-6,11-12H,7-10H2,1-2H3,(H2,16,18). The normalized spacial score (nSPS) is 18.0. The number of fused-ring (bicyclic) bond motifs is 1. The zero-order chi connectivity index (χ0) is 13.8. The Morgan fingerprint density at radius 2 is 2.21 bits per heavy atom. The van der Waals surface area contributed by atoms with E-state index in [4.69, 9.17) is 18.0 Å². The Morgan fingerprint density at radius 1 is 1.47 bits per heavy atom. The first-order valence-corrected chi connectivity index (χ1v) is 8.21. The third-order valence-corrected chi connectivity index (χ3v) is 5.09. The Balaban J connectivity index is 2.00. The van der Waals surface area contributed by atoms with Crippen molar-refractivity contribution in [1.29, 1.82) is 0 Å². The molecule has 1 aliphatic rings. The highest BCUT2D eigenvalue weighted by Crippen LogP contribution is 2.39. The van der Waals surface area contributed by atoms with Gasteiger partial charge in [0, 0.05) is 42.1 Å². The molecule has 1 unspecified atom stereocenters. The number of hydrogen-bond acceptors (Lipinski definition) is 3. The molecule has 1 aliphatic heterocycles. The second-order valence-corrected chi connectivity index (χ2v) is 6.94. The summed E-state index contributed by atoms with van der Waals surface area (Å²) in [5.74, 6) is 1.82. The summed E-state index contributed by atoms with van der Waals surface area (Å²) < 4.78 is 0. The number of benzene rings is 1. The Labute approximate surface area is 125 Å².